The van der Waals surface area contributed by atoms with Gasteiger partial charge in [-0.25, -0.2) is 15.0 Å². The summed E-state index contributed by atoms with van der Waals surface area (Å²) in [5.74, 6) is 6.23. The maximum absolute atomic E-state index is 12.2. The highest BCUT2D eigenvalue weighted by molar-refractivity contribution is 5.91. The van der Waals surface area contributed by atoms with Gasteiger partial charge in [-0.05, 0) is 43.6 Å². The average molecular weight is 443 g/mol. The SMILES string of the molecule is CN1CC[C@@](O)(C#Cc2cccc(-c3ncc4c(CN5CCCC5)cnc(N)c4n3)c2)C1=O. The number of amides is 1. The van der Waals surface area contributed by atoms with Gasteiger partial charge in [-0.2, -0.15) is 0 Å². The Morgan fingerprint density at radius 3 is 2.76 bits per heavy atom. The molecule has 1 amide bonds. The van der Waals surface area contributed by atoms with E-state index in [1.54, 1.807) is 7.05 Å². The standard InChI is InChI=1S/C25H26N6O2/c1-30-12-9-25(33,24(30)32)8-7-17-5-4-6-18(13-17)23-28-15-20-19(16-31-10-2-3-11-31)14-27-22(26)21(20)29-23/h4-6,13-15,33H,2-3,9-12,16H2,1H3,(H2,26,27)/t25-/m0/s1. The third-order valence-electron chi connectivity index (χ3n) is 6.37. The number of likely N-dealkylation sites (N-methyl/N-ethyl adjacent to an activating group) is 1. The molecule has 2 fully saturated rings. The van der Waals surface area contributed by atoms with Gasteiger partial charge in [-0.1, -0.05) is 24.0 Å². The van der Waals surface area contributed by atoms with Crippen molar-refractivity contribution in [1.82, 2.24) is 24.8 Å². The molecule has 168 valence electrons. The van der Waals surface area contributed by atoms with E-state index in [0.29, 0.717) is 35.7 Å². The van der Waals surface area contributed by atoms with Crippen LogP contribution in [0.5, 0.6) is 0 Å². The van der Waals surface area contributed by atoms with Gasteiger partial charge >= 0.3 is 0 Å². The molecule has 3 N–H and O–H groups in total. The Labute approximate surface area is 192 Å². The molecule has 2 aromatic heterocycles. The highest BCUT2D eigenvalue weighted by Crippen LogP contribution is 2.26. The van der Waals surface area contributed by atoms with E-state index in [0.717, 1.165) is 36.1 Å². The maximum Gasteiger partial charge on any atom is 0.267 e. The Kier molecular flexibility index (Phi) is 5.44. The summed E-state index contributed by atoms with van der Waals surface area (Å²) in [6, 6.07) is 7.42. The van der Waals surface area contributed by atoms with Gasteiger partial charge < -0.3 is 15.7 Å². The zero-order valence-electron chi connectivity index (χ0n) is 18.6. The molecule has 0 saturated carbocycles. The summed E-state index contributed by atoms with van der Waals surface area (Å²) in [5.41, 5.74) is 7.69. The molecule has 4 heterocycles. The van der Waals surface area contributed by atoms with Crippen LogP contribution in [-0.2, 0) is 11.3 Å². The van der Waals surface area contributed by atoms with E-state index >= 15 is 0 Å². The number of carbonyl (C=O) groups is 1. The molecule has 5 rings (SSSR count). The van der Waals surface area contributed by atoms with Crippen LogP contribution >= 0.6 is 0 Å². The Morgan fingerprint density at radius 2 is 2.00 bits per heavy atom. The van der Waals surface area contributed by atoms with Crippen LogP contribution in [0.2, 0.25) is 0 Å². The third-order valence-corrected chi connectivity index (χ3v) is 6.37. The minimum atomic E-state index is -1.63. The number of nitrogens with two attached hydrogens (primary N) is 1. The Bertz CT molecular complexity index is 1290. The lowest BCUT2D eigenvalue weighted by molar-refractivity contribution is -0.137. The molecule has 1 atom stereocenters. The largest absolute Gasteiger partial charge is 0.382 e. The highest BCUT2D eigenvalue weighted by atomic mass is 16.3. The Morgan fingerprint density at radius 1 is 1.18 bits per heavy atom. The van der Waals surface area contributed by atoms with Crippen LogP contribution in [0.15, 0.2) is 36.7 Å². The fourth-order valence-corrected chi connectivity index (χ4v) is 4.42. The topological polar surface area (TPSA) is 108 Å². The first-order valence-corrected chi connectivity index (χ1v) is 11.2. The Balaban J connectivity index is 1.46. The predicted molar refractivity (Wildman–Crippen MR) is 126 cm³/mol. The molecule has 0 spiro atoms. The smallest absolute Gasteiger partial charge is 0.267 e. The van der Waals surface area contributed by atoms with Crippen LogP contribution < -0.4 is 5.73 Å². The number of likely N-dealkylation sites (tertiary alicyclic amines) is 2. The zero-order valence-corrected chi connectivity index (χ0v) is 18.6. The summed E-state index contributed by atoms with van der Waals surface area (Å²) in [6.45, 7) is 3.49. The molecular formula is C25H26N6O2. The Hall–Kier alpha value is -3.54. The molecule has 2 aliphatic rings. The first kappa shape index (κ1) is 21.3. The van der Waals surface area contributed by atoms with Crippen molar-refractivity contribution in [2.45, 2.75) is 31.4 Å². The third kappa shape index (κ3) is 4.13. The summed E-state index contributed by atoms with van der Waals surface area (Å²) in [4.78, 5) is 29.7. The molecule has 2 aliphatic heterocycles. The first-order valence-electron chi connectivity index (χ1n) is 11.2. The number of benzene rings is 1. The number of rotatable bonds is 3. The van der Waals surface area contributed by atoms with Crippen molar-refractivity contribution in [3.05, 3.63) is 47.8 Å². The van der Waals surface area contributed by atoms with Crippen LogP contribution in [0.3, 0.4) is 0 Å². The van der Waals surface area contributed by atoms with E-state index in [1.807, 2.05) is 36.7 Å². The van der Waals surface area contributed by atoms with Crippen molar-refractivity contribution >= 4 is 22.6 Å². The van der Waals surface area contributed by atoms with E-state index in [-0.39, 0.29) is 5.91 Å². The second-order valence-corrected chi connectivity index (χ2v) is 8.78. The quantitative estimate of drug-likeness (QED) is 0.596. The van der Waals surface area contributed by atoms with Crippen LogP contribution in [0.1, 0.15) is 30.4 Å². The van der Waals surface area contributed by atoms with E-state index in [9.17, 15) is 9.90 Å². The maximum atomic E-state index is 12.2. The minimum absolute atomic E-state index is 0.300. The number of aliphatic hydroxyl groups is 1. The van der Waals surface area contributed by atoms with Crippen molar-refractivity contribution in [3.8, 4) is 23.2 Å². The summed E-state index contributed by atoms with van der Waals surface area (Å²) in [5, 5.41) is 11.5. The van der Waals surface area contributed by atoms with Crippen molar-refractivity contribution in [1.29, 1.82) is 0 Å². The summed E-state index contributed by atoms with van der Waals surface area (Å²) in [6.07, 6.45) is 6.39. The number of anilines is 1. The van der Waals surface area contributed by atoms with Gasteiger partial charge in [-0.15, -0.1) is 0 Å². The molecule has 3 aromatic rings. The molecule has 8 nitrogen and oxygen atoms in total. The van der Waals surface area contributed by atoms with Crippen LogP contribution in [-0.4, -0.2) is 68.0 Å². The number of nitrogen functional groups attached to an aromatic ring is 1. The molecule has 0 radical (unpaired) electrons. The second-order valence-electron chi connectivity index (χ2n) is 8.78. The molecule has 0 aliphatic carbocycles. The fourth-order valence-electron chi connectivity index (χ4n) is 4.42. The van der Waals surface area contributed by atoms with E-state index in [2.05, 4.69) is 26.7 Å². The summed E-state index contributed by atoms with van der Waals surface area (Å²) < 4.78 is 0. The molecular weight excluding hydrogens is 416 g/mol. The number of hydrogen-bond acceptors (Lipinski definition) is 7. The number of fused-ring (bicyclic) bond motifs is 1. The molecule has 33 heavy (non-hydrogen) atoms. The fraction of sp³-hybridized carbons (Fsp3) is 0.360. The first-order chi connectivity index (χ1) is 15.9. The zero-order chi connectivity index (χ0) is 23.0. The van der Waals surface area contributed by atoms with Gasteiger partial charge in [0.15, 0.2) is 5.82 Å². The van der Waals surface area contributed by atoms with E-state index in [4.69, 9.17) is 10.7 Å². The molecule has 8 heteroatoms. The molecule has 1 aromatic carbocycles. The van der Waals surface area contributed by atoms with Gasteiger partial charge in [-0.3, -0.25) is 9.69 Å². The van der Waals surface area contributed by atoms with Crippen molar-refractivity contribution in [3.63, 3.8) is 0 Å². The van der Waals surface area contributed by atoms with Gasteiger partial charge in [0.25, 0.3) is 5.91 Å². The normalized spacial score (nSPS) is 20.9. The van der Waals surface area contributed by atoms with Crippen LogP contribution in [0.25, 0.3) is 22.3 Å². The molecule has 0 unspecified atom stereocenters. The van der Waals surface area contributed by atoms with Gasteiger partial charge in [0.2, 0.25) is 5.60 Å². The average Bonchev–Trinajstić information content (AvgIpc) is 3.44. The molecule has 2 saturated heterocycles. The minimum Gasteiger partial charge on any atom is -0.382 e. The lowest BCUT2D eigenvalue weighted by Gasteiger charge is -2.16. The van der Waals surface area contributed by atoms with Crippen LogP contribution in [0, 0.1) is 11.8 Å². The van der Waals surface area contributed by atoms with Crippen LogP contribution in [0.4, 0.5) is 5.82 Å². The number of hydrogen-bond donors (Lipinski definition) is 2. The van der Waals surface area contributed by atoms with Crippen molar-refractivity contribution in [2.24, 2.45) is 0 Å². The number of carbonyl (C=O) groups excluding carboxylic acids is 1. The predicted octanol–water partition coefficient (Wildman–Crippen LogP) is 1.81. The van der Waals surface area contributed by atoms with Gasteiger partial charge in [0, 0.05) is 55.5 Å². The number of nitrogens with zero attached hydrogens (tertiary/aromatic N) is 5. The molecule has 0 bridgehead atoms. The second kappa shape index (κ2) is 8.43. The summed E-state index contributed by atoms with van der Waals surface area (Å²) in [7, 11) is 1.66. The van der Waals surface area contributed by atoms with E-state index < -0.39 is 5.60 Å². The number of aromatic nitrogens is 3. The number of pyridine rings is 1. The summed E-state index contributed by atoms with van der Waals surface area (Å²) >= 11 is 0. The van der Waals surface area contributed by atoms with Crippen molar-refractivity contribution in [2.75, 3.05) is 32.4 Å². The van der Waals surface area contributed by atoms with Gasteiger partial charge in [0.05, 0.1) is 0 Å². The van der Waals surface area contributed by atoms with Gasteiger partial charge in [0.1, 0.15) is 11.3 Å². The highest BCUT2D eigenvalue weighted by Gasteiger charge is 2.42. The lowest BCUT2D eigenvalue weighted by Crippen LogP contribution is -2.37. The lowest BCUT2D eigenvalue weighted by atomic mass is 10.0. The van der Waals surface area contributed by atoms with Crippen molar-refractivity contribution < 1.29 is 9.90 Å². The van der Waals surface area contributed by atoms with E-state index in [1.165, 1.54) is 17.7 Å². The monoisotopic (exact) mass is 442 g/mol.